The monoisotopic (exact) mass is 414 g/mol. The highest BCUT2D eigenvalue weighted by molar-refractivity contribution is 5.79. The van der Waals surface area contributed by atoms with Gasteiger partial charge in [0.25, 0.3) is 0 Å². The maximum atomic E-state index is 13.2. The van der Waals surface area contributed by atoms with Crippen molar-refractivity contribution < 1.29 is 4.79 Å². The summed E-state index contributed by atoms with van der Waals surface area (Å²) in [5.41, 5.74) is 5.68. The van der Waals surface area contributed by atoms with Gasteiger partial charge in [-0.05, 0) is 32.4 Å². The molecule has 2 aliphatic rings. The Morgan fingerprint density at radius 2 is 1.84 bits per heavy atom. The van der Waals surface area contributed by atoms with Crippen LogP contribution in [0.15, 0.2) is 60.9 Å². The first-order valence-electron chi connectivity index (χ1n) is 11.2. The van der Waals surface area contributed by atoms with Gasteiger partial charge in [0.1, 0.15) is 0 Å². The summed E-state index contributed by atoms with van der Waals surface area (Å²) >= 11 is 0. The number of likely N-dealkylation sites (tertiary alicyclic amines) is 1. The molecular weight excluding hydrogens is 384 g/mol. The minimum atomic E-state index is -0.108. The summed E-state index contributed by atoms with van der Waals surface area (Å²) in [6.07, 6.45) is 4.58. The molecule has 0 bridgehead atoms. The van der Waals surface area contributed by atoms with Crippen molar-refractivity contribution in [3.63, 3.8) is 0 Å². The molecule has 160 valence electrons. The lowest BCUT2D eigenvalue weighted by atomic mass is 9.85. The van der Waals surface area contributed by atoms with Gasteiger partial charge in [-0.3, -0.25) is 9.69 Å². The van der Waals surface area contributed by atoms with E-state index in [1.165, 1.54) is 11.3 Å². The molecule has 1 saturated heterocycles. The zero-order valence-corrected chi connectivity index (χ0v) is 18.4. The number of amides is 1. The number of aromatic nitrogens is 2. The minimum absolute atomic E-state index is 0.108. The van der Waals surface area contributed by atoms with Crippen LogP contribution in [0.25, 0.3) is 11.3 Å². The van der Waals surface area contributed by atoms with E-state index in [-0.39, 0.29) is 11.4 Å². The molecule has 5 rings (SSSR count). The predicted molar refractivity (Wildman–Crippen MR) is 123 cm³/mol. The quantitative estimate of drug-likeness (QED) is 0.653. The lowest BCUT2D eigenvalue weighted by Gasteiger charge is -2.49. The topological polar surface area (TPSA) is 41.4 Å². The van der Waals surface area contributed by atoms with Crippen LogP contribution in [0, 0.1) is 6.92 Å². The Bertz CT molecular complexity index is 1070. The van der Waals surface area contributed by atoms with E-state index in [0.717, 1.165) is 55.8 Å². The number of carbonyl (C=O) groups is 1. The zero-order chi connectivity index (χ0) is 21.4. The molecule has 0 aliphatic carbocycles. The van der Waals surface area contributed by atoms with Crippen LogP contribution in [0.4, 0.5) is 0 Å². The number of piperidine rings is 1. The van der Waals surface area contributed by atoms with Crippen molar-refractivity contribution in [1.29, 1.82) is 0 Å². The zero-order valence-electron chi connectivity index (χ0n) is 18.4. The van der Waals surface area contributed by atoms with Gasteiger partial charge in [0.15, 0.2) is 0 Å². The Morgan fingerprint density at radius 3 is 2.61 bits per heavy atom. The van der Waals surface area contributed by atoms with E-state index < -0.39 is 0 Å². The van der Waals surface area contributed by atoms with Gasteiger partial charge >= 0.3 is 0 Å². The van der Waals surface area contributed by atoms with E-state index in [1.54, 1.807) is 0 Å². The fraction of sp³-hybridized carbons (Fsp3) is 0.385. The van der Waals surface area contributed by atoms with E-state index in [9.17, 15) is 4.79 Å². The normalized spacial score (nSPS) is 21.3. The van der Waals surface area contributed by atoms with Gasteiger partial charge in [-0.1, -0.05) is 60.2 Å². The lowest BCUT2D eigenvalue weighted by Crippen LogP contribution is -2.58. The number of carbonyl (C=O) groups excluding carboxylic acids is 1. The van der Waals surface area contributed by atoms with Crippen molar-refractivity contribution >= 4 is 5.91 Å². The van der Waals surface area contributed by atoms with E-state index in [4.69, 9.17) is 4.98 Å². The van der Waals surface area contributed by atoms with E-state index in [0.29, 0.717) is 6.42 Å². The second-order valence-corrected chi connectivity index (χ2v) is 9.25. The van der Waals surface area contributed by atoms with Crippen LogP contribution in [0.2, 0.25) is 0 Å². The van der Waals surface area contributed by atoms with Crippen LogP contribution in [0.1, 0.15) is 29.7 Å². The van der Waals surface area contributed by atoms with Crippen LogP contribution < -0.4 is 0 Å². The molecule has 0 radical (unpaired) electrons. The SMILES string of the molecule is Cc1ccc(CC(=O)N2CCCC3(CN(C)Cc4c(-c5ccccc5)ncn43)C2)cc1. The van der Waals surface area contributed by atoms with Crippen LogP contribution in [0.5, 0.6) is 0 Å². The van der Waals surface area contributed by atoms with Crippen molar-refractivity contribution in [2.45, 2.75) is 38.3 Å². The molecule has 5 heteroatoms. The Labute approximate surface area is 184 Å². The molecule has 1 unspecified atom stereocenters. The third-order valence-corrected chi connectivity index (χ3v) is 6.79. The molecule has 3 heterocycles. The third-order valence-electron chi connectivity index (χ3n) is 6.79. The van der Waals surface area contributed by atoms with E-state index in [2.05, 4.69) is 76.9 Å². The molecule has 31 heavy (non-hydrogen) atoms. The molecule has 1 atom stereocenters. The first-order valence-corrected chi connectivity index (χ1v) is 11.2. The average molecular weight is 415 g/mol. The van der Waals surface area contributed by atoms with Gasteiger partial charge in [-0.25, -0.2) is 4.98 Å². The molecule has 0 N–H and O–H groups in total. The van der Waals surface area contributed by atoms with Crippen molar-refractivity contribution in [2.24, 2.45) is 0 Å². The average Bonchev–Trinajstić information content (AvgIpc) is 3.20. The molecule has 2 aliphatic heterocycles. The number of hydrogen-bond acceptors (Lipinski definition) is 3. The molecule has 1 spiro atoms. The number of benzene rings is 2. The molecule has 3 aromatic rings. The second kappa shape index (κ2) is 7.97. The number of nitrogens with zero attached hydrogens (tertiary/aromatic N) is 4. The molecule has 1 fully saturated rings. The van der Waals surface area contributed by atoms with Gasteiger partial charge in [0.05, 0.1) is 29.7 Å². The van der Waals surface area contributed by atoms with Gasteiger partial charge in [0.2, 0.25) is 5.91 Å². The Hall–Kier alpha value is -2.92. The van der Waals surface area contributed by atoms with Crippen molar-refractivity contribution in [3.05, 3.63) is 77.7 Å². The maximum Gasteiger partial charge on any atom is 0.227 e. The third kappa shape index (κ3) is 3.79. The standard InChI is InChI=1S/C26H30N4O/c1-20-9-11-21(12-10-20)15-24(31)29-14-6-13-26(18-29)17-28(2)16-23-25(27-19-30(23)26)22-7-4-3-5-8-22/h3-5,7-12,19H,6,13-18H2,1-2H3. The largest absolute Gasteiger partial charge is 0.340 e. The first-order chi connectivity index (χ1) is 15.0. The number of aryl methyl sites for hydroxylation is 1. The van der Waals surface area contributed by atoms with Gasteiger partial charge in [-0.2, -0.15) is 0 Å². The minimum Gasteiger partial charge on any atom is -0.340 e. The van der Waals surface area contributed by atoms with Crippen molar-refractivity contribution in [2.75, 3.05) is 26.7 Å². The molecular formula is C26H30N4O. The van der Waals surface area contributed by atoms with Gasteiger partial charge in [-0.15, -0.1) is 0 Å². The number of hydrogen-bond donors (Lipinski definition) is 0. The fourth-order valence-corrected chi connectivity index (χ4v) is 5.30. The number of fused-ring (bicyclic) bond motifs is 2. The van der Waals surface area contributed by atoms with Crippen LogP contribution in [-0.2, 0) is 23.3 Å². The van der Waals surface area contributed by atoms with Crippen LogP contribution in [-0.4, -0.2) is 51.9 Å². The Morgan fingerprint density at radius 1 is 1.06 bits per heavy atom. The van der Waals surface area contributed by atoms with Gasteiger partial charge < -0.3 is 9.47 Å². The molecule has 1 aromatic heterocycles. The molecule has 0 saturated carbocycles. The van der Waals surface area contributed by atoms with Crippen LogP contribution >= 0.6 is 0 Å². The summed E-state index contributed by atoms with van der Waals surface area (Å²) in [5.74, 6) is 0.223. The van der Waals surface area contributed by atoms with Crippen LogP contribution in [0.3, 0.4) is 0 Å². The fourth-order valence-electron chi connectivity index (χ4n) is 5.30. The highest BCUT2D eigenvalue weighted by Gasteiger charge is 2.43. The number of rotatable bonds is 3. The summed E-state index contributed by atoms with van der Waals surface area (Å²) in [4.78, 5) is 22.5. The molecule has 5 nitrogen and oxygen atoms in total. The summed E-state index contributed by atoms with van der Waals surface area (Å²) in [6, 6.07) is 18.7. The van der Waals surface area contributed by atoms with Crippen molar-refractivity contribution in [1.82, 2.24) is 19.4 Å². The van der Waals surface area contributed by atoms with E-state index in [1.807, 2.05) is 12.4 Å². The maximum absolute atomic E-state index is 13.2. The molecule has 2 aromatic carbocycles. The second-order valence-electron chi connectivity index (χ2n) is 9.25. The van der Waals surface area contributed by atoms with Crippen molar-refractivity contribution in [3.8, 4) is 11.3 Å². The summed E-state index contributed by atoms with van der Waals surface area (Å²) in [7, 11) is 2.18. The Kier molecular flexibility index (Phi) is 5.14. The molecule has 1 amide bonds. The summed E-state index contributed by atoms with van der Waals surface area (Å²) < 4.78 is 2.39. The number of likely N-dealkylation sites (N-methyl/N-ethyl adjacent to an activating group) is 1. The highest BCUT2D eigenvalue weighted by Crippen LogP contribution is 2.38. The predicted octanol–water partition coefficient (Wildman–Crippen LogP) is 3.86. The van der Waals surface area contributed by atoms with E-state index >= 15 is 0 Å². The smallest absolute Gasteiger partial charge is 0.227 e. The lowest BCUT2D eigenvalue weighted by molar-refractivity contribution is -0.134. The first kappa shape index (κ1) is 20.0. The number of imidazole rings is 1. The van der Waals surface area contributed by atoms with Gasteiger partial charge in [0, 0.05) is 31.7 Å². The highest BCUT2D eigenvalue weighted by atomic mass is 16.2. The summed E-state index contributed by atoms with van der Waals surface area (Å²) in [6.45, 7) is 5.49. The summed E-state index contributed by atoms with van der Waals surface area (Å²) in [5, 5.41) is 0. The Balaban J connectivity index is 1.43.